The van der Waals surface area contributed by atoms with Gasteiger partial charge in [0.25, 0.3) is 0 Å². The summed E-state index contributed by atoms with van der Waals surface area (Å²) in [5.41, 5.74) is 2.26. The topological polar surface area (TPSA) is 25.4 Å². The number of hydrogen-bond acceptors (Lipinski definition) is 3. The fraction of sp³-hybridized carbons (Fsp3) is 0.615. The van der Waals surface area contributed by atoms with E-state index in [1.807, 2.05) is 0 Å². The van der Waals surface area contributed by atoms with Gasteiger partial charge in [-0.3, -0.25) is 0 Å². The summed E-state index contributed by atoms with van der Waals surface area (Å²) < 4.78 is 5.38. The average Bonchev–Trinajstić information content (AvgIpc) is 2.86. The molecule has 1 saturated heterocycles. The molecule has 0 aromatic carbocycles. The molecule has 94 valence electrons. The van der Waals surface area contributed by atoms with Gasteiger partial charge in [0.1, 0.15) is 5.82 Å². The Morgan fingerprint density at radius 1 is 1.53 bits per heavy atom. The van der Waals surface area contributed by atoms with Crippen molar-refractivity contribution in [3.8, 4) is 0 Å². The van der Waals surface area contributed by atoms with Crippen LogP contribution in [0.5, 0.6) is 0 Å². The molecule has 0 radical (unpaired) electrons. The molecule has 2 rings (SSSR count). The second-order valence-corrected chi connectivity index (χ2v) is 4.67. The summed E-state index contributed by atoms with van der Waals surface area (Å²) in [5, 5.41) is 0. The van der Waals surface area contributed by atoms with Crippen LogP contribution in [0.2, 0.25) is 0 Å². The highest BCUT2D eigenvalue weighted by Crippen LogP contribution is 2.22. The molecule has 1 unspecified atom stereocenters. The second-order valence-electron chi connectivity index (χ2n) is 4.40. The van der Waals surface area contributed by atoms with Crippen LogP contribution in [0.25, 0.3) is 0 Å². The highest BCUT2D eigenvalue weighted by Gasteiger charge is 2.23. The molecule has 0 bridgehead atoms. The molecular formula is C13H19ClN2O. The number of halogens is 1. The van der Waals surface area contributed by atoms with Crippen molar-refractivity contribution in [2.24, 2.45) is 0 Å². The molecule has 3 nitrogen and oxygen atoms in total. The predicted molar refractivity (Wildman–Crippen MR) is 70.8 cm³/mol. The van der Waals surface area contributed by atoms with Crippen LogP contribution in [0.1, 0.15) is 24.6 Å². The Morgan fingerprint density at radius 3 is 2.94 bits per heavy atom. The Bertz CT molecular complexity index is 361. The monoisotopic (exact) mass is 254 g/mol. The number of nitrogens with zero attached hydrogens (tertiary/aromatic N) is 2. The highest BCUT2D eigenvalue weighted by molar-refractivity contribution is 6.17. The van der Waals surface area contributed by atoms with E-state index >= 15 is 0 Å². The largest absolute Gasteiger partial charge is 0.380 e. The van der Waals surface area contributed by atoms with Gasteiger partial charge in [0.15, 0.2) is 0 Å². The van der Waals surface area contributed by atoms with Crippen LogP contribution >= 0.6 is 11.6 Å². The van der Waals surface area contributed by atoms with Gasteiger partial charge in [-0.2, -0.15) is 0 Å². The smallest absolute Gasteiger partial charge is 0.129 e. The van der Waals surface area contributed by atoms with Crippen LogP contribution in [0, 0.1) is 0 Å². The molecule has 0 aliphatic carbocycles. The maximum atomic E-state index is 5.92. The zero-order valence-corrected chi connectivity index (χ0v) is 11.2. The molecule has 1 aromatic rings. The van der Waals surface area contributed by atoms with Crippen LogP contribution in [-0.4, -0.2) is 31.3 Å². The Balaban J connectivity index is 2.20. The van der Waals surface area contributed by atoms with Gasteiger partial charge in [-0.25, -0.2) is 4.98 Å². The van der Waals surface area contributed by atoms with E-state index in [4.69, 9.17) is 16.3 Å². The minimum atomic E-state index is 0.335. The van der Waals surface area contributed by atoms with Gasteiger partial charge < -0.3 is 9.64 Å². The summed E-state index contributed by atoms with van der Waals surface area (Å²) in [4.78, 5) is 6.94. The number of aryl methyl sites for hydroxylation is 1. The maximum absolute atomic E-state index is 5.92. The number of ether oxygens (including phenoxy) is 1. The van der Waals surface area contributed by atoms with Crippen molar-refractivity contribution >= 4 is 17.4 Å². The minimum absolute atomic E-state index is 0.335. The lowest BCUT2D eigenvalue weighted by atomic mass is 10.2. The lowest BCUT2D eigenvalue weighted by Crippen LogP contribution is -2.23. The van der Waals surface area contributed by atoms with Crippen LogP contribution in [0.4, 0.5) is 5.82 Å². The highest BCUT2D eigenvalue weighted by atomic mass is 35.5. The van der Waals surface area contributed by atoms with Crippen molar-refractivity contribution in [3.63, 3.8) is 0 Å². The molecular weight excluding hydrogens is 236 g/mol. The first kappa shape index (κ1) is 12.7. The Hall–Kier alpha value is -0.800. The van der Waals surface area contributed by atoms with E-state index in [-0.39, 0.29) is 0 Å². The van der Waals surface area contributed by atoms with Crippen molar-refractivity contribution in [1.29, 1.82) is 0 Å². The fourth-order valence-corrected chi connectivity index (χ4v) is 2.34. The molecule has 0 saturated carbocycles. The SMILES string of the molecule is CCc1cc(CCl)cc(N2CCC(OC)C2)n1. The predicted octanol–water partition coefficient (Wildman–Crippen LogP) is 2.61. The Kier molecular flexibility index (Phi) is 4.24. The number of aromatic nitrogens is 1. The van der Waals surface area contributed by atoms with Crippen molar-refractivity contribution in [2.75, 3.05) is 25.1 Å². The minimum Gasteiger partial charge on any atom is -0.380 e. The van der Waals surface area contributed by atoms with E-state index in [0.717, 1.165) is 43.0 Å². The van der Waals surface area contributed by atoms with Crippen LogP contribution in [0.3, 0.4) is 0 Å². The van der Waals surface area contributed by atoms with Gasteiger partial charge >= 0.3 is 0 Å². The summed E-state index contributed by atoms with van der Waals surface area (Å²) in [7, 11) is 1.77. The van der Waals surface area contributed by atoms with Crippen LogP contribution < -0.4 is 4.90 Å². The third-order valence-electron chi connectivity index (χ3n) is 3.24. The zero-order valence-electron chi connectivity index (χ0n) is 10.4. The van der Waals surface area contributed by atoms with Gasteiger partial charge in [0, 0.05) is 31.8 Å². The summed E-state index contributed by atoms with van der Waals surface area (Å²) in [6.45, 7) is 4.06. The lowest BCUT2D eigenvalue weighted by Gasteiger charge is -2.18. The van der Waals surface area contributed by atoms with Gasteiger partial charge in [-0.15, -0.1) is 11.6 Å². The zero-order chi connectivity index (χ0) is 12.3. The second kappa shape index (κ2) is 5.69. The van der Waals surface area contributed by atoms with Gasteiger partial charge in [0.2, 0.25) is 0 Å². The van der Waals surface area contributed by atoms with Crippen molar-refractivity contribution in [2.45, 2.75) is 31.7 Å². The normalized spacial score (nSPS) is 19.9. The quantitative estimate of drug-likeness (QED) is 0.773. The van der Waals surface area contributed by atoms with E-state index < -0.39 is 0 Å². The van der Waals surface area contributed by atoms with Gasteiger partial charge in [-0.05, 0) is 30.5 Å². The van der Waals surface area contributed by atoms with Gasteiger partial charge in [-0.1, -0.05) is 6.92 Å². The molecule has 2 heterocycles. The molecule has 0 amide bonds. The van der Waals surface area contributed by atoms with E-state index in [9.17, 15) is 0 Å². The van der Waals surface area contributed by atoms with E-state index in [2.05, 4.69) is 28.9 Å². The molecule has 0 spiro atoms. The van der Waals surface area contributed by atoms with Crippen molar-refractivity contribution < 1.29 is 4.74 Å². The summed E-state index contributed by atoms with van der Waals surface area (Å²) in [6.07, 6.45) is 2.35. The number of alkyl halides is 1. The average molecular weight is 255 g/mol. The number of methoxy groups -OCH3 is 1. The number of hydrogen-bond donors (Lipinski definition) is 0. The van der Waals surface area contributed by atoms with Gasteiger partial charge in [0.05, 0.1) is 6.10 Å². The van der Waals surface area contributed by atoms with Crippen LogP contribution in [-0.2, 0) is 17.0 Å². The number of pyridine rings is 1. The molecule has 0 N–H and O–H groups in total. The first-order valence-electron chi connectivity index (χ1n) is 6.10. The lowest BCUT2D eigenvalue weighted by molar-refractivity contribution is 0.121. The maximum Gasteiger partial charge on any atom is 0.129 e. The third kappa shape index (κ3) is 2.90. The molecule has 17 heavy (non-hydrogen) atoms. The molecule has 1 aliphatic rings. The van der Waals surface area contributed by atoms with E-state index in [1.54, 1.807) is 7.11 Å². The number of anilines is 1. The summed E-state index contributed by atoms with van der Waals surface area (Å²) in [6, 6.07) is 4.17. The summed E-state index contributed by atoms with van der Waals surface area (Å²) in [5.74, 6) is 1.59. The molecule has 1 aromatic heterocycles. The van der Waals surface area contributed by atoms with E-state index in [0.29, 0.717) is 12.0 Å². The number of rotatable bonds is 4. The Labute approximate surface area is 108 Å². The Morgan fingerprint density at radius 2 is 2.35 bits per heavy atom. The fourth-order valence-electron chi connectivity index (χ4n) is 2.18. The first-order valence-corrected chi connectivity index (χ1v) is 6.63. The molecule has 1 atom stereocenters. The standard InChI is InChI=1S/C13H19ClN2O/c1-3-11-6-10(8-14)7-13(15-11)16-5-4-12(9-16)17-2/h6-7,12H,3-5,8-9H2,1-2H3. The molecule has 1 fully saturated rings. The molecule has 4 heteroatoms. The van der Waals surface area contributed by atoms with E-state index in [1.165, 1.54) is 0 Å². The van der Waals surface area contributed by atoms with Crippen molar-refractivity contribution in [3.05, 3.63) is 23.4 Å². The van der Waals surface area contributed by atoms with Crippen molar-refractivity contribution in [1.82, 2.24) is 4.98 Å². The first-order chi connectivity index (χ1) is 8.26. The molecule has 1 aliphatic heterocycles. The third-order valence-corrected chi connectivity index (χ3v) is 3.55. The summed E-state index contributed by atoms with van der Waals surface area (Å²) >= 11 is 5.92. The van der Waals surface area contributed by atoms with Crippen LogP contribution in [0.15, 0.2) is 12.1 Å².